The zero-order valence-electron chi connectivity index (χ0n) is 29.6. The second kappa shape index (κ2) is 16.2. The second-order valence-electron chi connectivity index (χ2n) is 13.1. The van der Waals surface area contributed by atoms with Gasteiger partial charge in [-0.25, -0.2) is 9.59 Å². The van der Waals surface area contributed by atoms with Crippen molar-refractivity contribution in [3.63, 3.8) is 0 Å². The number of ether oxygens (including phenoxy) is 2. The van der Waals surface area contributed by atoms with Gasteiger partial charge in [0.2, 0.25) is 0 Å². The number of carbonyl (C=O) groups is 4. The third kappa shape index (κ3) is 9.44. The van der Waals surface area contributed by atoms with Gasteiger partial charge in [0.25, 0.3) is 0 Å². The predicted octanol–water partition coefficient (Wildman–Crippen LogP) is 8.83. The molecule has 0 aliphatic carbocycles. The predicted molar refractivity (Wildman–Crippen MR) is 194 cm³/mol. The highest BCUT2D eigenvalue weighted by molar-refractivity contribution is 6.13. The molecule has 4 aromatic rings. The topological polar surface area (TPSA) is 93.2 Å². The summed E-state index contributed by atoms with van der Waals surface area (Å²) in [7, 11) is 0. The van der Waals surface area contributed by atoms with Crippen LogP contribution in [0.2, 0.25) is 0 Å². The van der Waals surface area contributed by atoms with Gasteiger partial charge in [-0.1, -0.05) is 0 Å². The Balaban J connectivity index is 1.30. The van der Waals surface area contributed by atoms with E-state index in [0.29, 0.717) is 46.4 Å². The highest BCUT2D eigenvalue weighted by Gasteiger charge is 2.19. The van der Waals surface area contributed by atoms with Gasteiger partial charge in [0.1, 0.15) is 11.5 Å². The monoisotopic (exact) mass is 662 g/mol. The van der Waals surface area contributed by atoms with Crippen LogP contribution in [0.5, 0.6) is 11.5 Å². The average Bonchev–Trinajstić information content (AvgIpc) is 3.05. The van der Waals surface area contributed by atoms with E-state index in [2.05, 4.69) is 65.2 Å². The molecule has 0 aliphatic heterocycles. The minimum atomic E-state index is -0.506. The first-order valence-corrected chi connectivity index (χ1v) is 16.7. The maximum atomic E-state index is 12.9. The first kappa shape index (κ1) is 36.6. The Morgan fingerprint density at radius 2 is 0.694 bits per heavy atom. The number of carbonyl (C=O) groups excluding carboxylic acids is 4. The summed E-state index contributed by atoms with van der Waals surface area (Å²) in [6.45, 7) is 17.0. The lowest BCUT2D eigenvalue weighted by Gasteiger charge is -2.33. The highest BCUT2D eigenvalue weighted by atomic mass is 16.5. The molecule has 0 spiro atoms. The molecule has 0 atom stereocenters. The Bertz CT molecular complexity index is 1590. The zero-order chi connectivity index (χ0) is 35.8. The van der Waals surface area contributed by atoms with Crippen molar-refractivity contribution in [3.8, 4) is 11.5 Å². The van der Waals surface area contributed by atoms with Gasteiger partial charge >= 0.3 is 11.9 Å². The van der Waals surface area contributed by atoms with Crippen LogP contribution in [-0.4, -0.2) is 47.7 Å². The fraction of sp³-hybridized carbons (Fsp3) is 0.317. The van der Waals surface area contributed by atoms with Crippen molar-refractivity contribution >= 4 is 34.9 Å². The normalized spacial score (nSPS) is 11.2. The molecule has 0 bridgehead atoms. The Kier molecular flexibility index (Phi) is 12.1. The summed E-state index contributed by atoms with van der Waals surface area (Å²) in [5.74, 6) is -1.17. The number of nitrogens with zero attached hydrogens (tertiary/aromatic N) is 2. The van der Waals surface area contributed by atoms with Crippen LogP contribution in [0.25, 0.3) is 0 Å². The van der Waals surface area contributed by atoms with Gasteiger partial charge in [0.05, 0.1) is 17.5 Å². The lowest BCUT2D eigenvalue weighted by molar-refractivity contribution is 0.0725. The third-order valence-corrected chi connectivity index (χ3v) is 8.12. The Hall–Kier alpha value is -5.24. The van der Waals surface area contributed by atoms with E-state index in [-0.39, 0.29) is 29.5 Å². The van der Waals surface area contributed by atoms with Gasteiger partial charge < -0.3 is 19.3 Å². The van der Waals surface area contributed by atoms with Crippen LogP contribution >= 0.6 is 0 Å². The Labute approximate surface area is 289 Å². The van der Waals surface area contributed by atoms with Gasteiger partial charge in [-0.3, -0.25) is 9.59 Å². The van der Waals surface area contributed by atoms with E-state index in [1.807, 2.05) is 24.3 Å². The largest absolute Gasteiger partial charge is 0.423 e. The van der Waals surface area contributed by atoms with E-state index in [1.165, 1.54) is 48.5 Å². The van der Waals surface area contributed by atoms with E-state index in [9.17, 15) is 19.2 Å². The van der Waals surface area contributed by atoms with Crippen LogP contribution in [0, 0.1) is 0 Å². The maximum Gasteiger partial charge on any atom is 0.343 e. The second-order valence-corrected chi connectivity index (χ2v) is 13.1. The zero-order valence-corrected chi connectivity index (χ0v) is 29.6. The fourth-order valence-corrected chi connectivity index (χ4v) is 6.02. The van der Waals surface area contributed by atoms with E-state index in [0.717, 1.165) is 11.4 Å². The van der Waals surface area contributed by atoms with E-state index in [1.54, 1.807) is 24.3 Å². The SMILES string of the molecule is CC(C)N(c1ccc(C(=O)Oc2ccc(C(=O)CC(=O)c3ccc(OC(=O)c4ccc(N(C(C)C)C(C)C)cc4)cc3)cc2)cc1)C(C)C. The number of ketones is 2. The van der Waals surface area contributed by atoms with Crippen molar-refractivity contribution in [2.45, 2.75) is 86.0 Å². The molecule has 0 aliphatic rings. The maximum absolute atomic E-state index is 12.9. The number of hydrogen-bond donors (Lipinski definition) is 0. The van der Waals surface area contributed by atoms with E-state index < -0.39 is 11.9 Å². The summed E-state index contributed by atoms with van der Waals surface area (Å²) in [6.07, 6.45) is -0.343. The number of rotatable bonds is 14. The average molecular weight is 663 g/mol. The van der Waals surface area contributed by atoms with Crippen molar-refractivity contribution in [2.75, 3.05) is 9.80 Å². The summed E-state index contributed by atoms with van der Waals surface area (Å²) < 4.78 is 11.0. The van der Waals surface area contributed by atoms with Crippen LogP contribution in [0.15, 0.2) is 97.1 Å². The number of hydrogen-bond acceptors (Lipinski definition) is 8. The molecule has 256 valence electrons. The van der Waals surface area contributed by atoms with Crippen molar-refractivity contribution in [1.82, 2.24) is 0 Å². The van der Waals surface area contributed by atoms with Crippen molar-refractivity contribution < 1.29 is 28.7 Å². The molecule has 0 aromatic heterocycles. The van der Waals surface area contributed by atoms with Gasteiger partial charge in [-0.15, -0.1) is 0 Å². The fourth-order valence-electron chi connectivity index (χ4n) is 6.02. The molecule has 0 N–H and O–H groups in total. The number of esters is 2. The van der Waals surface area contributed by atoms with Crippen molar-refractivity contribution in [2.24, 2.45) is 0 Å². The van der Waals surface area contributed by atoms with Gasteiger partial charge in [-0.05, 0) is 152 Å². The smallest absolute Gasteiger partial charge is 0.343 e. The molecule has 8 nitrogen and oxygen atoms in total. The van der Waals surface area contributed by atoms with Gasteiger partial charge in [0.15, 0.2) is 11.6 Å². The minimum Gasteiger partial charge on any atom is -0.423 e. The molecule has 0 radical (unpaired) electrons. The summed E-state index contributed by atoms with van der Waals surface area (Å²) >= 11 is 0. The molecular weight excluding hydrogens is 616 g/mol. The molecule has 0 heterocycles. The first-order valence-electron chi connectivity index (χ1n) is 16.7. The molecule has 4 aromatic carbocycles. The summed E-state index contributed by atoms with van der Waals surface area (Å²) in [6, 6.07) is 28.1. The molecule has 4 rings (SSSR count). The van der Waals surface area contributed by atoms with E-state index >= 15 is 0 Å². The van der Waals surface area contributed by atoms with E-state index in [4.69, 9.17) is 9.47 Å². The summed E-state index contributed by atoms with van der Waals surface area (Å²) in [5, 5.41) is 0. The van der Waals surface area contributed by atoms with Crippen LogP contribution < -0.4 is 19.3 Å². The molecule has 0 fully saturated rings. The van der Waals surface area contributed by atoms with Crippen LogP contribution in [-0.2, 0) is 0 Å². The third-order valence-electron chi connectivity index (χ3n) is 8.12. The Morgan fingerprint density at radius 1 is 0.429 bits per heavy atom. The van der Waals surface area contributed by atoms with Crippen LogP contribution in [0.3, 0.4) is 0 Å². The Morgan fingerprint density at radius 3 is 0.959 bits per heavy atom. The molecule has 0 saturated heterocycles. The molecule has 0 saturated carbocycles. The summed E-state index contributed by atoms with van der Waals surface area (Å²) in [4.78, 5) is 55.7. The lowest BCUT2D eigenvalue weighted by Crippen LogP contribution is -2.36. The van der Waals surface area contributed by atoms with Crippen molar-refractivity contribution in [1.29, 1.82) is 0 Å². The number of anilines is 2. The minimum absolute atomic E-state index is 0.289. The molecule has 0 unspecified atom stereocenters. The first-order chi connectivity index (χ1) is 23.2. The van der Waals surface area contributed by atoms with Gasteiger partial charge in [-0.2, -0.15) is 0 Å². The molecule has 49 heavy (non-hydrogen) atoms. The number of Topliss-reactive ketones (excluding diaryl/α,β-unsaturated/α-hetero) is 2. The molecule has 0 amide bonds. The highest BCUT2D eigenvalue weighted by Crippen LogP contribution is 2.24. The van der Waals surface area contributed by atoms with Gasteiger partial charge in [0, 0.05) is 46.7 Å². The molecule has 8 heteroatoms. The lowest BCUT2D eigenvalue weighted by atomic mass is 10.0. The molecular formula is C41H46N2O6. The van der Waals surface area contributed by atoms with Crippen LogP contribution in [0.4, 0.5) is 11.4 Å². The number of benzene rings is 4. The summed E-state index contributed by atoms with van der Waals surface area (Å²) in [5.41, 5.74) is 3.52. The quantitative estimate of drug-likeness (QED) is 0.0572. The van der Waals surface area contributed by atoms with Crippen molar-refractivity contribution in [3.05, 3.63) is 119 Å². The van der Waals surface area contributed by atoms with Crippen LogP contribution in [0.1, 0.15) is 103 Å². The standard InChI is InChI=1S/C41H46N2O6/c1-26(2)42(27(3)4)34-17-9-32(10-18-34)40(46)48-36-21-13-30(14-22-36)38(44)25-39(45)31-15-23-37(24-16-31)49-41(47)33-11-19-35(20-12-33)43(28(5)6)29(7)8/h9-24,26-29H,25H2,1-8H3.